The van der Waals surface area contributed by atoms with Gasteiger partial charge in [-0.05, 0) is 35.7 Å². The van der Waals surface area contributed by atoms with Gasteiger partial charge in [-0.1, -0.05) is 66.2 Å². The molecule has 33 heavy (non-hydrogen) atoms. The van der Waals surface area contributed by atoms with Crippen LogP contribution in [0.5, 0.6) is 0 Å². The number of nitrogens with zero attached hydrogens (tertiary/aromatic N) is 1. The quantitative estimate of drug-likeness (QED) is 0.310. The van der Waals surface area contributed by atoms with Gasteiger partial charge in [0.2, 0.25) is 0 Å². The highest BCUT2D eigenvalue weighted by atomic mass is 16.4. The van der Waals surface area contributed by atoms with Gasteiger partial charge in [-0.15, -0.1) is 0 Å². The minimum Gasteiger partial charge on any atom is -0.480 e. The molecule has 1 atom stereocenters. The number of benzene rings is 3. The van der Waals surface area contributed by atoms with Gasteiger partial charge in [0, 0.05) is 53.7 Å². The molecule has 5 nitrogen and oxygen atoms in total. The molecule has 5 aromatic rings. The molecule has 0 unspecified atom stereocenters. The summed E-state index contributed by atoms with van der Waals surface area (Å²) in [4.78, 5) is 15.3. The third-order valence-electron chi connectivity index (χ3n) is 6.24. The number of aryl methyl sites for hydroxylation is 1. The average Bonchev–Trinajstić information content (AvgIpc) is 3.38. The average molecular weight is 438 g/mol. The van der Waals surface area contributed by atoms with E-state index in [1.807, 2.05) is 42.6 Å². The highest BCUT2D eigenvalue weighted by Crippen LogP contribution is 2.24. The Morgan fingerprint density at radius 1 is 1.00 bits per heavy atom. The SMILES string of the molecule is Cc1cccc(Cn2cc(CN[C@@H](Cc3c[nH]c4ccccc34)C(=O)O)c3ccccc32)c1. The lowest BCUT2D eigenvalue weighted by atomic mass is 10.0. The zero-order valence-corrected chi connectivity index (χ0v) is 18.6. The molecule has 5 heteroatoms. The fraction of sp³-hybridized carbons (Fsp3) is 0.179. The first-order valence-corrected chi connectivity index (χ1v) is 11.2. The number of aromatic amines is 1. The van der Waals surface area contributed by atoms with Crippen molar-refractivity contribution >= 4 is 27.8 Å². The Hall–Kier alpha value is -3.83. The van der Waals surface area contributed by atoms with Gasteiger partial charge in [0.15, 0.2) is 0 Å². The molecule has 0 saturated heterocycles. The lowest BCUT2D eigenvalue weighted by molar-refractivity contribution is -0.139. The summed E-state index contributed by atoms with van der Waals surface area (Å²) in [5.41, 5.74) is 6.77. The first kappa shape index (κ1) is 21.0. The summed E-state index contributed by atoms with van der Waals surface area (Å²) in [5.74, 6) is -0.844. The van der Waals surface area contributed by atoms with Crippen LogP contribution >= 0.6 is 0 Å². The number of hydrogen-bond donors (Lipinski definition) is 3. The van der Waals surface area contributed by atoms with Crippen LogP contribution in [0.25, 0.3) is 21.8 Å². The van der Waals surface area contributed by atoms with E-state index in [9.17, 15) is 9.90 Å². The molecule has 2 aromatic heterocycles. The molecule has 166 valence electrons. The summed E-state index contributed by atoms with van der Waals surface area (Å²) >= 11 is 0. The van der Waals surface area contributed by atoms with Crippen molar-refractivity contribution in [3.8, 4) is 0 Å². The van der Waals surface area contributed by atoms with Gasteiger partial charge in [-0.3, -0.25) is 10.1 Å². The highest BCUT2D eigenvalue weighted by Gasteiger charge is 2.20. The Labute approximate surface area is 192 Å². The molecule has 0 aliphatic rings. The zero-order chi connectivity index (χ0) is 22.8. The third kappa shape index (κ3) is 4.41. The van der Waals surface area contributed by atoms with Crippen molar-refractivity contribution in [3.63, 3.8) is 0 Å². The molecule has 0 aliphatic heterocycles. The topological polar surface area (TPSA) is 70.0 Å². The molecule has 2 heterocycles. The number of rotatable bonds is 8. The minimum absolute atomic E-state index is 0.418. The number of fused-ring (bicyclic) bond motifs is 2. The molecular weight excluding hydrogens is 410 g/mol. The van der Waals surface area contributed by atoms with Gasteiger partial charge in [-0.2, -0.15) is 0 Å². The normalized spacial score (nSPS) is 12.4. The van der Waals surface area contributed by atoms with E-state index in [-0.39, 0.29) is 0 Å². The number of nitrogens with one attached hydrogen (secondary N) is 2. The first-order chi connectivity index (χ1) is 16.1. The lowest BCUT2D eigenvalue weighted by Crippen LogP contribution is -2.38. The second-order valence-corrected chi connectivity index (χ2v) is 8.62. The van der Waals surface area contributed by atoms with Crippen molar-refractivity contribution < 1.29 is 9.90 Å². The molecule has 0 saturated carbocycles. The largest absolute Gasteiger partial charge is 0.480 e. The van der Waals surface area contributed by atoms with Gasteiger partial charge in [0.1, 0.15) is 6.04 Å². The number of carboxylic acids is 1. The maximum absolute atomic E-state index is 12.0. The van der Waals surface area contributed by atoms with E-state index >= 15 is 0 Å². The number of H-pyrrole nitrogens is 1. The van der Waals surface area contributed by atoms with E-state index in [0.717, 1.165) is 39.5 Å². The maximum Gasteiger partial charge on any atom is 0.321 e. The fourth-order valence-electron chi connectivity index (χ4n) is 4.60. The molecule has 0 radical (unpaired) electrons. The molecule has 0 aliphatic carbocycles. The highest BCUT2D eigenvalue weighted by molar-refractivity contribution is 5.85. The zero-order valence-electron chi connectivity index (χ0n) is 18.6. The summed E-state index contributed by atoms with van der Waals surface area (Å²) in [7, 11) is 0. The van der Waals surface area contributed by atoms with E-state index in [4.69, 9.17) is 0 Å². The molecule has 5 rings (SSSR count). The van der Waals surface area contributed by atoms with Crippen molar-refractivity contribution in [2.24, 2.45) is 0 Å². The Bertz CT molecular complexity index is 1430. The Morgan fingerprint density at radius 2 is 1.79 bits per heavy atom. The monoisotopic (exact) mass is 437 g/mol. The lowest BCUT2D eigenvalue weighted by Gasteiger charge is -2.14. The number of aliphatic carboxylic acids is 1. The smallest absolute Gasteiger partial charge is 0.321 e. The Morgan fingerprint density at radius 3 is 2.61 bits per heavy atom. The van der Waals surface area contributed by atoms with Gasteiger partial charge < -0.3 is 14.7 Å². The third-order valence-corrected chi connectivity index (χ3v) is 6.24. The second-order valence-electron chi connectivity index (χ2n) is 8.62. The minimum atomic E-state index is -0.844. The Kier molecular flexibility index (Phi) is 5.71. The van der Waals surface area contributed by atoms with Crippen molar-refractivity contribution in [3.05, 3.63) is 107 Å². The standard InChI is InChI=1S/C28H27N3O2/c1-19-7-6-8-20(13-19)17-31-18-22(24-10-3-5-12-27(24)31)16-30-26(28(32)33)14-21-15-29-25-11-4-2-9-23(21)25/h2-13,15,18,26,29-30H,14,16-17H2,1H3,(H,32,33)/t26-/m0/s1. The second kappa shape index (κ2) is 8.96. The van der Waals surface area contributed by atoms with Crippen LogP contribution in [0, 0.1) is 6.92 Å². The van der Waals surface area contributed by atoms with Crippen LogP contribution in [0.2, 0.25) is 0 Å². The van der Waals surface area contributed by atoms with Crippen molar-refractivity contribution in [1.29, 1.82) is 0 Å². The van der Waals surface area contributed by atoms with Gasteiger partial charge >= 0.3 is 5.97 Å². The van der Waals surface area contributed by atoms with Crippen LogP contribution in [0.4, 0.5) is 0 Å². The number of hydrogen-bond acceptors (Lipinski definition) is 2. The summed E-state index contributed by atoms with van der Waals surface area (Å²) < 4.78 is 2.25. The summed E-state index contributed by atoms with van der Waals surface area (Å²) in [6.07, 6.45) is 4.47. The van der Waals surface area contributed by atoms with E-state index in [1.165, 1.54) is 11.1 Å². The summed E-state index contributed by atoms with van der Waals surface area (Å²) in [6, 6.07) is 24.1. The van der Waals surface area contributed by atoms with E-state index in [1.54, 1.807) is 0 Å². The van der Waals surface area contributed by atoms with E-state index < -0.39 is 12.0 Å². The molecule has 0 fully saturated rings. The molecule has 0 bridgehead atoms. The predicted octanol–water partition coefficient (Wildman–Crippen LogP) is 5.26. The number of aromatic nitrogens is 2. The Balaban J connectivity index is 1.38. The fourth-order valence-corrected chi connectivity index (χ4v) is 4.60. The molecule has 0 amide bonds. The number of para-hydroxylation sites is 2. The van der Waals surface area contributed by atoms with Crippen LogP contribution < -0.4 is 5.32 Å². The van der Waals surface area contributed by atoms with Crippen molar-refractivity contribution in [2.75, 3.05) is 0 Å². The predicted molar refractivity (Wildman–Crippen MR) is 132 cm³/mol. The molecule has 0 spiro atoms. The number of carbonyl (C=O) groups is 1. The molecular formula is C28H27N3O2. The van der Waals surface area contributed by atoms with Crippen molar-refractivity contribution in [1.82, 2.24) is 14.9 Å². The van der Waals surface area contributed by atoms with Crippen LogP contribution in [0.3, 0.4) is 0 Å². The first-order valence-electron chi connectivity index (χ1n) is 11.2. The van der Waals surface area contributed by atoms with Gasteiger partial charge in [0.25, 0.3) is 0 Å². The van der Waals surface area contributed by atoms with Crippen LogP contribution in [-0.2, 0) is 24.3 Å². The summed E-state index contributed by atoms with van der Waals surface area (Å²) in [5, 5.41) is 15.4. The maximum atomic E-state index is 12.0. The van der Waals surface area contributed by atoms with Gasteiger partial charge in [0.05, 0.1) is 0 Å². The summed E-state index contributed by atoms with van der Waals surface area (Å²) in [6.45, 7) is 3.37. The molecule has 3 N–H and O–H groups in total. The van der Waals surface area contributed by atoms with E-state index in [0.29, 0.717) is 13.0 Å². The van der Waals surface area contributed by atoms with Crippen LogP contribution in [-0.4, -0.2) is 26.7 Å². The van der Waals surface area contributed by atoms with Crippen molar-refractivity contribution in [2.45, 2.75) is 32.5 Å². The van der Waals surface area contributed by atoms with Gasteiger partial charge in [-0.25, -0.2) is 0 Å². The molecule has 3 aromatic carbocycles. The number of carboxylic acid groups (broad SMARTS) is 1. The van der Waals surface area contributed by atoms with E-state index in [2.05, 4.69) is 64.4 Å². The van der Waals surface area contributed by atoms with Crippen LogP contribution in [0.15, 0.2) is 85.2 Å². The van der Waals surface area contributed by atoms with Crippen LogP contribution in [0.1, 0.15) is 22.3 Å².